The highest BCUT2D eigenvalue weighted by atomic mass is 16.2. The van der Waals surface area contributed by atoms with Gasteiger partial charge < -0.3 is 10.6 Å². The van der Waals surface area contributed by atoms with E-state index >= 15 is 0 Å². The Morgan fingerprint density at radius 1 is 1.08 bits per heavy atom. The van der Waals surface area contributed by atoms with Crippen LogP contribution in [0.15, 0.2) is 6.20 Å². The van der Waals surface area contributed by atoms with Crippen LogP contribution in [0.25, 0.3) is 0 Å². The van der Waals surface area contributed by atoms with E-state index in [9.17, 15) is 4.79 Å². The number of likely N-dealkylation sites (tertiary alicyclic amines) is 1. The minimum atomic E-state index is 0.0659. The number of carbonyl (C=O) groups excluding carboxylic acids is 1. The lowest BCUT2D eigenvalue weighted by Crippen LogP contribution is -2.37. The van der Waals surface area contributed by atoms with Gasteiger partial charge in [-0.15, -0.1) is 5.10 Å². The number of hydrogen-bond acceptors (Lipinski definition) is 4. The van der Waals surface area contributed by atoms with Crippen LogP contribution in [0.5, 0.6) is 0 Å². The first-order chi connectivity index (χ1) is 12.2. The van der Waals surface area contributed by atoms with Gasteiger partial charge in [0.2, 0.25) is 0 Å². The van der Waals surface area contributed by atoms with Crippen molar-refractivity contribution < 1.29 is 4.79 Å². The van der Waals surface area contributed by atoms with Crippen molar-refractivity contribution in [1.29, 1.82) is 0 Å². The van der Waals surface area contributed by atoms with E-state index in [1.165, 1.54) is 44.9 Å². The molecule has 1 unspecified atom stereocenters. The third-order valence-electron chi connectivity index (χ3n) is 6.57. The predicted octanol–water partition coefficient (Wildman–Crippen LogP) is 2.91. The summed E-state index contributed by atoms with van der Waals surface area (Å²) in [6.07, 6.45) is 15.1. The molecular formula is C19H31N5O. The number of hydrogen-bond donors (Lipinski definition) is 1. The first-order valence-corrected chi connectivity index (χ1v) is 10.2. The van der Waals surface area contributed by atoms with Crippen LogP contribution in [0.3, 0.4) is 0 Å². The van der Waals surface area contributed by atoms with Gasteiger partial charge in [-0.2, -0.15) is 0 Å². The van der Waals surface area contributed by atoms with Crippen LogP contribution in [0.1, 0.15) is 87.2 Å². The van der Waals surface area contributed by atoms with Crippen molar-refractivity contribution in [3.63, 3.8) is 0 Å². The van der Waals surface area contributed by atoms with Crippen molar-refractivity contribution in [3.05, 3.63) is 11.9 Å². The molecule has 6 heteroatoms. The fourth-order valence-corrected chi connectivity index (χ4v) is 5.13. The van der Waals surface area contributed by atoms with Crippen molar-refractivity contribution in [2.24, 2.45) is 11.7 Å². The molecule has 1 aliphatic heterocycles. The third kappa shape index (κ3) is 3.59. The molecule has 0 bridgehead atoms. The smallest absolute Gasteiger partial charge is 0.276 e. The minimum Gasteiger partial charge on any atom is -0.334 e. The van der Waals surface area contributed by atoms with Gasteiger partial charge in [-0.05, 0) is 38.0 Å². The molecule has 1 aromatic heterocycles. The SMILES string of the molecule is N[C@@H]1CCCC[C@@H]1n1cc(C(=O)N2CCCC2CC2CCCC2)nn1. The van der Waals surface area contributed by atoms with Crippen LogP contribution >= 0.6 is 0 Å². The Balaban J connectivity index is 1.43. The summed E-state index contributed by atoms with van der Waals surface area (Å²) in [6, 6.07) is 0.716. The van der Waals surface area contributed by atoms with E-state index in [-0.39, 0.29) is 18.0 Å². The molecule has 25 heavy (non-hydrogen) atoms. The number of nitrogens with zero attached hydrogens (tertiary/aromatic N) is 4. The van der Waals surface area contributed by atoms with E-state index in [1.54, 1.807) is 0 Å². The monoisotopic (exact) mass is 345 g/mol. The molecule has 3 atom stereocenters. The Bertz CT molecular complexity index is 594. The van der Waals surface area contributed by atoms with Crippen LogP contribution in [-0.4, -0.2) is 44.4 Å². The highest BCUT2D eigenvalue weighted by molar-refractivity contribution is 5.92. The molecule has 1 aromatic rings. The minimum absolute atomic E-state index is 0.0659. The lowest BCUT2D eigenvalue weighted by atomic mass is 9.91. The summed E-state index contributed by atoms with van der Waals surface area (Å²) in [5.74, 6) is 0.880. The summed E-state index contributed by atoms with van der Waals surface area (Å²) in [4.78, 5) is 15.1. The highest BCUT2D eigenvalue weighted by Gasteiger charge is 2.34. The Labute approximate surface area is 150 Å². The molecule has 2 N–H and O–H groups in total. The Morgan fingerprint density at radius 3 is 2.64 bits per heavy atom. The zero-order chi connectivity index (χ0) is 17.2. The molecular weight excluding hydrogens is 314 g/mol. The molecule has 0 radical (unpaired) electrons. The van der Waals surface area contributed by atoms with E-state index in [0.29, 0.717) is 11.7 Å². The fourth-order valence-electron chi connectivity index (χ4n) is 5.13. The summed E-state index contributed by atoms with van der Waals surface area (Å²) in [5, 5.41) is 8.45. The van der Waals surface area contributed by atoms with Crippen molar-refractivity contribution in [1.82, 2.24) is 19.9 Å². The van der Waals surface area contributed by atoms with Crippen molar-refractivity contribution in [2.75, 3.05) is 6.54 Å². The molecule has 0 aromatic carbocycles. The van der Waals surface area contributed by atoms with Crippen LogP contribution < -0.4 is 5.73 Å². The molecule has 1 saturated heterocycles. The molecule has 1 amide bonds. The molecule has 0 spiro atoms. The van der Waals surface area contributed by atoms with Gasteiger partial charge in [0.25, 0.3) is 5.91 Å². The van der Waals surface area contributed by atoms with Crippen molar-refractivity contribution in [2.45, 2.75) is 88.8 Å². The van der Waals surface area contributed by atoms with Gasteiger partial charge in [0.05, 0.1) is 12.2 Å². The van der Waals surface area contributed by atoms with Gasteiger partial charge in [0.1, 0.15) is 0 Å². The maximum atomic E-state index is 13.0. The summed E-state index contributed by atoms with van der Waals surface area (Å²) in [6.45, 7) is 0.867. The van der Waals surface area contributed by atoms with Gasteiger partial charge in [-0.3, -0.25) is 4.79 Å². The van der Waals surface area contributed by atoms with Crippen molar-refractivity contribution in [3.8, 4) is 0 Å². The van der Waals surface area contributed by atoms with Gasteiger partial charge in [-0.1, -0.05) is 43.7 Å². The number of amides is 1. The number of rotatable bonds is 4. The Kier molecular flexibility index (Phi) is 5.06. The summed E-state index contributed by atoms with van der Waals surface area (Å²) < 4.78 is 1.85. The number of nitrogens with two attached hydrogens (primary N) is 1. The standard InChI is InChI=1S/C19H31N5O/c20-16-9-3-4-10-18(16)24-13-17(21-22-24)19(25)23-11-5-8-15(23)12-14-6-1-2-7-14/h13-16,18H,1-12,20H2/t15?,16-,18+/m1/s1. The van der Waals surface area contributed by atoms with Crippen LogP contribution in [0.4, 0.5) is 0 Å². The Hall–Kier alpha value is -1.43. The van der Waals surface area contributed by atoms with Crippen LogP contribution in [0, 0.1) is 5.92 Å². The first-order valence-electron chi connectivity index (χ1n) is 10.2. The van der Waals surface area contributed by atoms with E-state index < -0.39 is 0 Å². The summed E-state index contributed by atoms with van der Waals surface area (Å²) in [7, 11) is 0. The second-order valence-electron chi connectivity index (χ2n) is 8.28. The molecule has 2 saturated carbocycles. The predicted molar refractivity (Wildman–Crippen MR) is 96.1 cm³/mol. The largest absolute Gasteiger partial charge is 0.334 e. The summed E-state index contributed by atoms with van der Waals surface area (Å²) >= 11 is 0. The summed E-state index contributed by atoms with van der Waals surface area (Å²) in [5.41, 5.74) is 6.74. The second kappa shape index (κ2) is 7.44. The van der Waals surface area contributed by atoms with E-state index in [1.807, 2.05) is 10.9 Å². The zero-order valence-electron chi connectivity index (χ0n) is 15.1. The van der Waals surface area contributed by atoms with E-state index in [0.717, 1.165) is 38.1 Å². The van der Waals surface area contributed by atoms with Gasteiger partial charge in [0.15, 0.2) is 5.69 Å². The third-order valence-corrected chi connectivity index (χ3v) is 6.57. The average Bonchev–Trinajstić information content (AvgIpc) is 3.37. The molecule has 138 valence electrons. The number of aromatic nitrogens is 3. The van der Waals surface area contributed by atoms with Crippen LogP contribution in [-0.2, 0) is 0 Å². The zero-order valence-corrected chi connectivity index (χ0v) is 15.1. The van der Waals surface area contributed by atoms with Crippen LogP contribution in [0.2, 0.25) is 0 Å². The van der Waals surface area contributed by atoms with Gasteiger partial charge in [-0.25, -0.2) is 4.68 Å². The molecule has 4 rings (SSSR count). The molecule has 3 aliphatic rings. The van der Waals surface area contributed by atoms with E-state index in [2.05, 4.69) is 15.2 Å². The Morgan fingerprint density at radius 2 is 1.84 bits per heavy atom. The molecule has 2 heterocycles. The molecule has 3 fully saturated rings. The highest BCUT2D eigenvalue weighted by Crippen LogP contribution is 2.33. The average molecular weight is 345 g/mol. The maximum absolute atomic E-state index is 13.0. The van der Waals surface area contributed by atoms with Gasteiger partial charge in [0, 0.05) is 18.6 Å². The number of carbonyl (C=O) groups is 1. The topological polar surface area (TPSA) is 77.0 Å². The second-order valence-corrected chi connectivity index (χ2v) is 8.28. The van der Waals surface area contributed by atoms with Crippen molar-refractivity contribution >= 4 is 5.91 Å². The fraction of sp³-hybridized carbons (Fsp3) is 0.842. The van der Waals surface area contributed by atoms with Gasteiger partial charge >= 0.3 is 0 Å². The lowest BCUT2D eigenvalue weighted by Gasteiger charge is -2.28. The lowest BCUT2D eigenvalue weighted by molar-refractivity contribution is 0.0712. The molecule has 2 aliphatic carbocycles. The first kappa shape index (κ1) is 17.0. The normalized spacial score (nSPS) is 30.9. The quantitative estimate of drug-likeness (QED) is 0.910. The maximum Gasteiger partial charge on any atom is 0.276 e. The van der Waals surface area contributed by atoms with E-state index in [4.69, 9.17) is 5.73 Å². The molecule has 6 nitrogen and oxygen atoms in total.